The fourth-order valence-electron chi connectivity index (χ4n) is 6.52. The van der Waals surface area contributed by atoms with Gasteiger partial charge < -0.3 is 4.57 Å². The molecule has 0 atom stereocenters. The molecule has 9 aromatic rings. The minimum Gasteiger partial charge on any atom is -0.306 e. The van der Waals surface area contributed by atoms with Crippen LogP contribution in [0.15, 0.2) is 152 Å². The van der Waals surface area contributed by atoms with E-state index in [9.17, 15) is 0 Å². The van der Waals surface area contributed by atoms with E-state index in [-0.39, 0.29) is 0 Å². The second-order valence-corrected chi connectivity index (χ2v) is 11.0. The molecule has 5 heteroatoms. The highest BCUT2D eigenvalue weighted by atomic mass is 15.1. The highest BCUT2D eigenvalue weighted by molar-refractivity contribution is 6.18. The van der Waals surface area contributed by atoms with Crippen molar-refractivity contribution in [1.82, 2.24) is 24.1 Å². The van der Waals surface area contributed by atoms with E-state index in [2.05, 4.69) is 134 Å². The van der Waals surface area contributed by atoms with Crippen LogP contribution < -0.4 is 0 Å². The Morgan fingerprint density at radius 1 is 0.500 bits per heavy atom. The van der Waals surface area contributed by atoms with Crippen molar-refractivity contribution in [2.45, 2.75) is 0 Å². The number of aromatic nitrogens is 5. The summed E-state index contributed by atoms with van der Waals surface area (Å²) in [4.78, 5) is 13.9. The molecule has 9 rings (SSSR count). The summed E-state index contributed by atoms with van der Waals surface area (Å²) in [6.45, 7) is 0. The lowest BCUT2D eigenvalue weighted by atomic mass is 10.0. The van der Waals surface area contributed by atoms with Gasteiger partial charge >= 0.3 is 0 Å². The van der Waals surface area contributed by atoms with Crippen LogP contribution in [0.4, 0.5) is 0 Å². The number of hydrogen-bond donors (Lipinski definition) is 0. The molecule has 0 aliphatic rings. The van der Waals surface area contributed by atoms with Gasteiger partial charge in [0.25, 0.3) is 0 Å². The molecular formula is C39H25N5. The van der Waals surface area contributed by atoms with Crippen LogP contribution in [0.2, 0.25) is 0 Å². The molecule has 0 spiro atoms. The molecule has 44 heavy (non-hydrogen) atoms. The van der Waals surface area contributed by atoms with Crippen molar-refractivity contribution in [2.24, 2.45) is 0 Å². The SMILES string of the molecule is c1ccc(-c2ccnc(-n3ccc4ccc5c6ccncc6n(-c6ccc(-c7cncc8ccccc78)cc6)c5c43)c2)cc1. The Bertz CT molecular complexity index is 2480. The molecule has 0 saturated heterocycles. The fraction of sp³-hybridized carbons (Fsp3) is 0. The molecule has 0 fully saturated rings. The minimum absolute atomic E-state index is 0.877. The zero-order valence-corrected chi connectivity index (χ0v) is 23.7. The number of nitrogens with zero attached hydrogens (tertiary/aromatic N) is 5. The van der Waals surface area contributed by atoms with E-state index in [1.54, 1.807) is 0 Å². The van der Waals surface area contributed by atoms with E-state index in [4.69, 9.17) is 4.98 Å². The van der Waals surface area contributed by atoms with E-state index in [0.29, 0.717) is 0 Å². The van der Waals surface area contributed by atoms with Crippen molar-refractivity contribution in [3.05, 3.63) is 152 Å². The van der Waals surface area contributed by atoms with Crippen molar-refractivity contribution in [3.8, 4) is 33.8 Å². The van der Waals surface area contributed by atoms with Gasteiger partial charge in [-0.1, -0.05) is 78.9 Å². The van der Waals surface area contributed by atoms with E-state index in [1.807, 2.05) is 37.1 Å². The maximum atomic E-state index is 4.83. The Labute approximate surface area is 253 Å². The predicted molar refractivity (Wildman–Crippen MR) is 179 cm³/mol. The van der Waals surface area contributed by atoms with Gasteiger partial charge in [-0.15, -0.1) is 0 Å². The average molecular weight is 564 g/mol. The molecule has 5 heterocycles. The molecule has 0 saturated carbocycles. The first-order chi connectivity index (χ1) is 21.8. The first-order valence-corrected chi connectivity index (χ1v) is 14.7. The van der Waals surface area contributed by atoms with Gasteiger partial charge in [0.1, 0.15) is 5.82 Å². The number of pyridine rings is 3. The Morgan fingerprint density at radius 2 is 1.36 bits per heavy atom. The fourth-order valence-corrected chi connectivity index (χ4v) is 6.52. The number of benzene rings is 4. The summed E-state index contributed by atoms with van der Waals surface area (Å²) < 4.78 is 4.55. The highest BCUT2D eigenvalue weighted by Gasteiger charge is 2.19. The first-order valence-electron chi connectivity index (χ1n) is 14.7. The van der Waals surface area contributed by atoms with Crippen LogP contribution in [0.3, 0.4) is 0 Å². The summed E-state index contributed by atoms with van der Waals surface area (Å²) in [5, 5.41) is 5.82. The molecule has 206 valence electrons. The van der Waals surface area contributed by atoms with Crippen molar-refractivity contribution in [3.63, 3.8) is 0 Å². The maximum absolute atomic E-state index is 4.83. The van der Waals surface area contributed by atoms with Gasteiger partial charge in [-0.25, -0.2) is 4.98 Å². The molecule has 4 aromatic carbocycles. The Hall–Kier alpha value is -6.07. The lowest BCUT2D eigenvalue weighted by molar-refractivity contribution is 1.04. The van der Waals surface area contributed by atoms with Gasteiger partial charge in [0, 0.05) is 63.8 Å². The lowest BCUT2D eigenvalue weighted by Crippen LogP contribution is -2.00. The Balaban J connectivity index is 1.27. The molecule has 0 unspecified atom stereocenters. The summed E-state index contributed by atoms with van der Waals surface area (Å²) in [5.74, 6) is 0.877. The third-order valence-electron chi connectivity index (χ3n) is 8.59. The maximum Gasteiger partial charge on any atom is 0.137 e. The average Bonchev–Trinajstić information content (AvgIpc) is 3.68. The third kappa shape index (κ3) is 3.76. The van der Waals surface area contributed by atoms with Gasteiger partial charge in [-0.05, 0) is 58.5 Å². The summed E-state index contributed by atoms with van der Waals surface area (Å²) in [5.41, 5.74) is 8.93. The summed E-state index contributed by atoms with van der Waals surface area (Å²) in [6.07, 6.45) is 11.7. The van der Waals surface area contributed by atoms with Crippen molar-refractivity contribution in [1.29, 1.82) is 0 Å². The van der Waals surface area contributed by atoms with Crippen LogP contribution in [-0.4, -0.2) is 24.1 Å². The largest absolute Gasteiger partial charge is 0.306 e. The zero-order chi connectivity index (χ0) is 29.0. The van der Waals surface area contributed by atoms with Crippen LogP contribution in [-0.2, 0) is 0 Å². The van der Waals surface area contributed by atoms with Crippen LogP contribution >= 0.6 is 0 Å². The van der Waals surface area contributed by atoms with Gasteiger partial charge in [0.05, 0.1) is 22.7 Å². The summed E-state index contributed by atoms with van der Waals surface area (Å²) in [7, 11) is 0. The number of rotatable bonds is 4. The molecule has 5 nitrogen and oxygen atoms in total. The number of hydrogen-bond acceptors (Lipinski definition) is 3. The normalized spacial score (nSPS) is 11.6. The third-order valence-corrected chi connectivity index (χ3v) is 8.59. The van der Waals surface area contributed by atoms with E-state index < -0.39 is 0 Å². The summed E-state index contributed by atoms with van der Waals surface area (Å²) in [6, 6.07) is 40.6. The van der Waals surface area contributed by atoms with E-state index in [0.717, 1.165) is 60.9 Å². The smallest absolute Gasteiger partial charge is 0.137 e. The molecule has 0 bridgehead atoms. The van der Waals surface area contributed by atoms with Gasteiger partial charge in [-0.3, -0.25) is 14.5 Å². The van der Waals surface area contributed by atoms with Crippen LogP contribution in [0.25, 0.3) is 77.2 Å². The monoisotopic (exact) mass is 563 g/mol. The van der Waals surface area contributed by atoms with Gasteiger partial charge in [0.2, 0.25) is 0 Å². The minimum atomic E-state index is 0.877. The van der Waals surface area contributed by atoms with Gasteiger partial charge in [0.15, 0.2) is 0 Å². The molecule has 5 aromatic heterocycles. The van der Waals surface area contributed by atoms with E-state index in [1.165, 1.54) is 16.3 Å². The Kier molecular flexibility index (Phi) is 5.43. The molecule has 0 aliphatic carbocycles. The molecular weight excluding hydrogens is 538 g/mol. The molecule has 0 N–H and O–H groups in total. The quantitative estimate of drug-likeness (QED) is 0.214. The van der Waals surface area contributed by atoms with Crippen LogP contribution in [0.5, 0.6) is 0 Å². The topological polar surface area (TPSA) is 48.5 Å². The molecule has 0 radical (unpaired) electrons. The second kappa shape index (κ2) is 9.75. The van der Waals surface area contributed by atoms with Crippen molar-refractivity contribution < 1.29 is 0 Å². The predicted octanol–water partition coefficient (Wildman–Crippen LogP) is 9.40. The highest BCUT2D eigenvalue weighted by Crippen LogP contribution is 2.38. The Morgan fingerprint density at radius 3 is 2.27 bits per heavy atom. The van der Waals surface area contributed by atoms with Crippen LogP contribution in [0.1, 0.15) is 0 Å². The zero-order valence-electron chi connectivity index (χ0n) is 23.7. The second-order valence-electron chi connectivity index (χ2n) is 11.0. The lowest BCUT2D eigenvalue weighted by Gasteiger charge is -2.13. The molecule has 0 amide bonds. The standard InChI is InChI=1S/C39H25N5/c1-2-6-26(7-3-1)29-16-20-42-37(22-29)43-21-18-28-12-15-34-33-17-19-40-25-36(33)44(39(34)38(28)43)31-13-10-27(11-14-31)35-24-41-23-30-8-4-5-9-32(30)35/h1-25H. The number of fused-ring (bicyclic) bond motifs is 6. The molecule has 0 aliphatic heterocycles. The van der Waals surface area contributed by atoms with E-state index >= 15 is 0 Å². The van der Waals surface area contributed by atoms with Gasteiger partial charge in [-0.2, -0.15) is 0 Å². The van der Waals surface area contributed by atoms with Crippen molar-refractivity contribution in [2.75, 3.05) is 0 Å². The van der Waals surface area contributed by atoms with Crippen molar-refractivity contribution >= 4 is 43.5 Å². The van der Waals surface area contributed by atoms with Crippen LogP contribution in [0, 0.1) is 0 Å². The first kappa shape index (κ1) is 24.5. The summed E-state index contributed by atoms with van der Waals surface area (Å²) >= 11 is 0.